The molecule has 1 aliphatic carbocycles. The maximum Gasteiger partial charge on any atom is 0.335 e. The minimum atomic E-state index is -0.921. The van der Waals surface area contributed by atoms with E-state index in [4.69, 9.17) is 17.3 Å². The van der Waals surface area contributed by atoms with Gasteiger partial charge in [0.05, 0.1) is 5.57 Å². The van der Waals surface area contributed by atoms with E-state index in [1.807, 2.05) is 6.92 Å². The van der Waals surface area contributed by atoms with E-state index in [1.54, 1.807) is 12.2 Å². The summed E-state index contributed by atoms with van der Waals surface area (Å²) in [5.74, 6) is -0.733. The van der Waals surface area contributed by atoms with Crippen LogP contribution < -0.4 is 0 Å². The van der Waals surface area contributed by atoms with Crippen LogP contribution >= 0.6 is 12.2 Å². The predicted octanol–water partition coefficient (Wildman–Crippen LogP) is 1.57. The van der Waals surface area contributed by atoms with Gasteiger partial charge in [0.2, 0.25) is 0 Å². The Balaban J connectivity index is 2.89. The van der Waals surface area contributed by atoms with Crippen molar-refractivity contribution in [1.82, 2.24) is 0 Å². The van der Waals surface area contributed by atoms with E-state index in [0.29, 0.717) is 4.86 Å². The van der Waals surface area contributed by atoms with Crippen LogP contribution in [-0.2, 0) is 4.79 Å². The van der Waals surface area contributed by atoms with E-state index in [2.05, 4.69) is 0 Å². The zero-order valence-electron chi connectivity index (χ0n) is 6.07. The summed E-state index contributed by atoms with van der Waals surface area (Å²) in [6.07, 6.45) is 4.91. The molecule has 1 atom stereocenters. The maximum absolute atomic E-state index is 10.4. The quantitative estimate of drug-likeness (QED) is 0.604. The summed E-state index contributed by atoms with van der Waals surface area (Å²) in [5.41, 5.74) is 0.271. The summed E-state index contributed by atoms with van der Waals surface area (Å²) in [6, 6.07) is 0. The first kappa shape index (κ1) is 8.14. The van der Waals surface area contributed by atoms with Crippen molar-refractivity contribution in [2.75, 3.05) is 0 Å². The average Bonchev–Trinajstić information content (AvgIpc) is 1.94. The zero-order chi connectivity index (χ0) is 8.43. The van der Waals surface area contributed by atoms with Crippen LogP contribution in [0.3, 0.4) is 0 Å². The fourth-order valence-corrected chi connectivity index (χ4v) is 1.01. The van der Waals surface area contributed by atoms with Crippen molar-refractivity contribution in [3.8, 4) is 0 Å². The first-order chi connectivity index (χ1) is 5.11. The van der Waals surface area contributed by atoms with Crippen LogP contribution in [-0.4, -0.2) is 15.9 Å². The number of carbonyl (C=O) groups is 1. The third kappa shape index (κ3) is 1.74. The third-order valence-corrected chi connectivity index (χ3v) is 2.05. The van der Waals surface area contributed by atoms with Crippen molar-refractivity contribution in [1.29, 1.82) is 0 Å². The summed E-state index contributed by atoms with van der Waals surface area (Å²) in [6.45, 7) is 1.94. The van der Waals surface area contributed by atoms with Gasteiger partial charge in [-0.15, -0.1) is 0 Å². The third-order valence-electron chi connectivity index (χ3n) is 1.56. The van der Waals surface area contributed by atoms with E-state index in [9.17, 15) is 4.79 Å². The van der Waals surface area contributed by atoms with Crippen molar-refractivity contribution in [2.24, 2.45) is 5.92 Å². The molecule has 0 heterocycles. The van der Waals surface area contributed by atoms with Crippen molar-refractivity contribution in [3.63, 3.8) is 0 Å². The summed E-state index contributed by atoms with van der Waals surface area (Å²) in [5, 5.41) is 8.56. The number of allylic oxidation sites excluding steroid dienone is 2. The molecule has 0 amide bonds. The van der Waals surface area contributed by atoms with Crippen LogP contribution in [0.2, 0.25) is 0 Å². The highest BCUT2D eigenvalue weighted by atomic mass is 32.1. The smallest absolute Gasteiger partial charge is 0.335 e. The molecule has 1 unspecified atom stereocenters. The Morgan fingerprint density at radius 1 is 1.73 bits per heavy atom. The Bertz CT molecular complexity index is 263. The lowest BCUT2D eigenvalue weighted by Crippen LogP contribution is -2.11. The van der Waals surface area contributed by atoms with Gasteiger partial charge in [-0.05, 0) is 6.08 Å². The van der Waals surface area contributed by atoms with Gasteiger partial charge in [-0.1, -0.05) is 31.3 Å². The van der Waals surface area contributed by atoms with Gasteiger partial charge in [-0.3, -0.25) is 0 Å². The molecule has 0 spiro atoms. The molecule has 3 heteroatoms. The Hall–Kier alpha value is -0.960. The molecule has 0 fully saturated rings. The average molecular weight is 168 g/mol. The molecule has 0 radical (unpaired) electrons. The molecule has 0 aliphatic heterocycles. The van der Waals surface area contributed by atoms with Crippen molar-refractivity contribution in [3.05, 3.63) is 23.8 Å². The monoisotopic (exact) mass is 168 g/mol. The minimum Gasteiger partial charge on any atom is -0.478 e. The SMILES string of the molecule is CC1C=CC(C(=O)O)=CC1=S. The van der Waals surface area contributed by atoms with Crippen molar-refractivity contribution < 1.29 is 9.90 Å². The summed E-state index contributed by atoms with van der Waals surface area (Å²) < 4.78 is 0. The number of thiocarbonyl (C=S) groups is 1. The molecule has 0 aromatic carbocycles. The molecular weight excluding hydrogens is 160 g/mol. The molecule has 0 bridgehead atoms. The van der Waals surface area contributed by atoms with Crippen molar-refractivity contribution in [2.45, 2.75) is 6.92 Å². The largest absolute Gasteiger partial charge is 0.478 e. The second-order valence-corrected chi connectivity index (χ2v) is 2.93. The summed E-state index contributed by atoms with van der Waals surface area (Å²) in [4.78, 5) is 11.1. The molecule has 0 saturated heterocycles. The normalized spacial score (nSPS) is 23.2. The van der Waals surface area contributed by atoms with E-state index in [0.717, 1.165) is 0 Å². The molecule has 11 heavy (non-hydrogen) atoms. The van der Waals surface area contributed by atoms with Crippen LogP contribution in [0.5, 0.6) is 0 Å². The van der Waals surface area contributed by atoms with E-state index in [-0.39, 0.29) is 11.5 Å². The van der Waals surface area contributed by atoms with Gasteiger partial charge in [0.1, 0.15) is 0 Å². The van der Waals surface area contributed by atoms with Crippen LogP contribution in [0.4, 0.5) is 0 Å². The van der Waals surface area contributed by atoms with Gasteiger partial charge in [0.15, 0.2) is 0 Å². The fraction of sp³-hybridized carbons (Fsp3) is 0.250. The topological polar surface area (TPSA) is 37.3 Å². The van der Waals surface area contributed by atoms with E-state index >= 15 is 0 Å². The first-order valence-corrected chi connectivity index (χ1v) is 3.69. The second-order valence-electron chi connectivity index (χ2n) is 2.45. The molecule has 1 rings (SSSR count). The molecule has 2 nitrogen and oxygen atoms in total. The highest BCUT2D eigenvalue weighted by Gasteiger charge is 2.12. The molecule has 0 saturated carbocycles. The fourth-order valence-electron chi connectivity index (χ4n) is 0.809. The van der Waals surface area contributed by atoms with Crippen LogP contribution in [0.1, 0.15) is 6.92 Å². The lowest BCUT2D eigenvalue weighted by atomic mass is 9.98. The Labute approximate surface area is 70.2 Å². The number of carboxylic acids is 1. The zero-order valence-corrected chi connectivity index (χ0v) is 6.89. The Morgan fingerprint density at radius 2 is 2.36 bits per heavy atom. The molecule has 1 aliphatic rings. The minimum absolute atomic E-state index is 0.188. The number of hydrogen-bond donors (Lipinski definition) is 1. The highest BCUT2D eigenvalue weighted by molar-refractivity contribution is 7.80. The van der Waals surface area contributed by atoms with Gasteiger partial charge in [-0.25, -0.2) is 4.79 Å². The number of rotatable bonds is 1. The Morgan fingerprint density at radius 3 is 2.82 bits per heavy atom. The van der Waals surface area contributed by atoms with Gasteiger partial charge in [0, 0.05) is 10.8 Å². The second kappa shape index (κ2) is 2.96. The summed E-state index contributed by atoms with van der Waals surface area (Å²) in [7, 11) is 0. The Kier molecular flexibility index (Phi) is 2.19. The van der Waals surface area contributed by atoms with Crippen LogP contribution in [0, 0.1) is 5.92 Å². The molecular formula is C8H8O2S. The molecule has 0 aromatic rings. The number of aliphatic carboxylic acids is 1. The first-order valence-electron chi connectivity index (χ1n) is 3.28. The number of hydrogen-bond acceptors (Lipinski definition) is 2. The van der Waals surface area contributed by atoms with E-state index in [1.165, 1.54) is 6.08 Å². The molecule has 58 valence electrons. The highest BCUT2D eigenvalue weighted by Crippen LogP contribution is 2.13. The summed E-state index contributed by atoms with van der Waals surface area (Å²) >= 11 is 4.93. The van der Waals surface area contributed by atoms with Crippen LogP contribution in [0.25, 0.3) is 0 Å². The standard InChI is InChI=1S/C8H8O2S/c1-5-2-3-6(8(9)10)4-7(5)11/h2-5H,1H3,(H,9,10). The van der Waals surface area contributed by atoms with Crippen molar-refractivity contribution >= 4 is 23.1 Å². The lowest BCUT2D eigenvalue weighted by molar-refractivity contribution is -0.132. The van der Waals surface area contributed by atoms with Gasteiger partial charge < -0.3 is 5.11 Å². The lowest BCUT2D eigenvalue weighted by Gasteiger charge is -2.09. The molecule has 1 N–H and O–H groups in total. The number of carboxylic acid groups (broad SMARTS) is 1. The maximum atomic E-state index is 10.4. The molecule has 0 aromatic heterocycles. The van der Waals surface area contributed by atoms with Gasteiger partial charge >= 0.3 is 5.97 Å². The van der Waals surface area contributed by atoms with Gasteiger partial charge in [-0.2, -0.15) is 0 Å². The van der Waals surface area contributed by atoms with Crippen LogP contribution in [0.15, 0.2) is 23.8 Å². The van der Waals surface area contributed by atoms with E-state index < -0.39 is 5.97 Å². The van der Waals surface area contributed by atoms with Gasteiger partial charge in [0.25, 0.3) is 0 Å². The predicted molar refractivity (Wildman–Crippen MR) is 46.6 cm³/mol.